The van der Waals surface area contributed by atoms with Gasteiger partial charge in [-0.1, -0.05) is 0 Å². The second-order valence-electron chi connectivity index (χ2n) is 4.71. The zero-order valence-corrected chi connectivity index (χ0v) is 11.5. The van der Waals surface area contributed by atoms with E-state index in [1.165, 1.54) is 19.1 Å². The van der Waals surface area contributed by atoms with Crippen LogP contribution in [-0.4, -0.2) is 35.6 Å². The van der Waals surface area contributed by atoms with Gasteiger partial charge in [-0.3, -0.25) is 0 Å². The Bertz CT molecular complexity index is 393. The normalized spacial score (nSPS) is 14.5. The van der Waals surface area contributed by atoms with Gasteiger partial charge in [0, 0.05) is 11.6 Å². The summed E-state index contributed by atoms with van der Waals surface area (Å²) in [6, 6.07) is 4.21. The molecule has 0 bridgehead atoms. The molecule has 0 heterocycles. The van der Waals surface area contributed by atoms with Crippen LogP contribution in [-0.2, 0) is 4.74 Å². The minimum absolute atomic E-state index is 0.0280. The minimum Gasteiger partial charge on any atom is -0.491 e. The molecule has 0 aliphatic carbocycles. The number of hydrogen-bond donors (Lipinski definition) is 2. The molecular weight excluding hydrogens is 251 g/mol. The summed E-state index contributed by atoms with van der Waals surface area (Å²) in [4.78, 5) is 0. The lowest BCUT2D eigenvalue weighted by Crippen LogP contribution is -2.25. The fourth-order valence-electron chi connectivity index (χ4n) is 1.48. The highest BCUT2D eigenvalue weighted by Gasteiger charge is 2.11. The van der Waals surface area contributed by atoms with Crippen molar-refractivity contribution in [2.45, 2.75) is 39.1 Å². The van der Waals surface area contributed by atoms with E-state index in [-0.39, 0.29) is 24.9 Å². The second kappa shape index (κ2) is 7.43. The Morgan fingerprint density at radius 2 is 1.84 bits per heavy atom. The molecule has 1 rings (SSSR count). The van der Waals surface area contributed by atoms with Gasteiger partial charge in [0.1, 0.15) is 24.3 Å². The number of ether oxygens (including phenoxy) is 2. The Morgan fingerprint density at radius 3 is 2.37 bits per heavy atom. The summed E-state index contributed by atoms with van der Waals surface area (Å²) < 4.78 is 24.0. The first-order valence-corrected chi connectivity index (χ1v) is 6.30. The lowest BCUT2D eigenvalue weighted by Gasteiger charge is -2.15. The summed E-state index contributed by atoms with van der Waals surface area (Å²) in [5.41, 5.74) is 0.219. The Balaban J connectivity index is 2.47. The van der Waals surface area contributed by atoms with E-state index in [2.05, 4.69) is 0 Å². The third kappa shape index (κ3) is 5.55. The summed E-state index contributed by atoms with van der Waals surface area (Å²) in [7, 11) is 0. The third-order valence-corrected chi connectivity index (χ3v) is 2.49. The number of aliphatic hydroxyl groups excluding tert-OH is 2. The van der Waals surface area contributed by atoms with E-state index in [0.29, 0.717) is 5.75 Å². The van der Waals surface area contributed by atoms with Crippen LogP contribution in [0.4, 0.5) is 4.39 Å². The van der Waals surface area contributed by atoms with E-state index in [9.17, 15) is 14.6 Å². The molecule has 108 valence electrons. The fourth-order valence-corrected chi connectivity index (χ4v) is 1.48. The van der Waals surface area contributed by atoms with E-state index < -0.39 is 18.0 Å². The lowest BCUT2D eigenvalue weighted by molar-refractivity contribution is -0.0123. The van der Waals surface area contributed by atoms with Crippen molar-refractivity contribution in [2.75, 3.05) is 13.2 Å². The molecule has 1 unspecified atom stereocenters. The van der Waals surface area contributed by atoms with E-state index in [0.717, 1.165) is 0 Å². The van der Waals surface area contributed by atoms with Gasteiger partial charge in [0.05, 0.1) is 18.8 Å². The molecule has 5 heteroatoms. The third-order valence-electron chi connectivity index (χ3n) is 2.49. The van der Waals surface area contributed by atoms with Crippen molar-refractivity contribution in [2.24, 2.45) is 0 Å². The van der Waals surface area contributed by atoms with E-state index >= 15 is 0 Å². The molecule has 0 radical (unpaired) electrons. The maximum absolute atomic E-state index is 13.6. The Kier molecular flexibility index (Phi) is 6.21. The minimum atomic E-state index is -0.862. The topological polar surface area (TPSA) is 58.9 Å². The molecule has 0 spiro atoms. The van der Waals surface area contributed by atoms with Crippen LogP contribution in [0, 0.1) is 5.82 Å². The molecule has 2 atom stereocenters. The smallest absolute Gasteiger partial charge is 0.132 e. The molecule has 0 aliphatic heterocycles. The van der Waals surface area contributed by atoms with Crippen molar-refractivity contribution >= 4 is 0 Å². The predicted octanol–water partition coefficient (Wildman–Crippen LogP) is 2.04. The molecule has 0 amide bonds. The van der Waals surface area contributed by atoms with Crippen LogP contribution < -0.4 is 4.74 Å². The van der Waals surface area contributed by atoms with Gasteiger partial charge in [0.2, 0.25) is 0 Å². The van der Waals surface area contributed by atoms with E-state index in [1.807, 2.05) is 13.8 Å². The summed E-state index contributed by atoms with van der Waals surface area (Å²) in [6.45, 7) is 5.44. The quantitative estimate of drug-likeness (QED) is 0.797. The van der Waals surface area contributed by atoms with Gasteiger partial charge < -0.3 is 19.7 Å². The first kappa shape index (κ1) is 15.9. The Hall–Kier alpha value is -1.17. The summed E-state index contributed by atoms with van der Waals surface area (Å²) in [6.07, 6.45) is -1.58. The van der Waals surface area contributed by atoms with Crippen LogP contribution in [0.1, 0.15) is 32.4 Å². The highest BCUT2D eigenvalue weighted by atomic mass is 19.1. The molecule has 1 aromatic rings. The lowest BCUT2D eigenvalue weighted by atomic mass is 10.1. The van der Waals surface area contributed by atoms with Crippen LogP contribution in [0.15, 0.2) is 18.2 Å². The van der Waals surface area contributed by atoms with Gasteiger partial charge in [0.15, 0.2) is 0 Å². The van der Waals surface area contributed by atoms with Crippen LogP contribution >= 0.6 is 0 Å². The zero-order chi connectivity index (χ0) is 14.4. The first-order chi connectivity index (χ1) is 8.90. The maximum atomic E-state index is 13.6. The van der Waals surface area contributed by atoms with Gasteiger partial charge >= 0.3 is 0 Å². The average molecular weight is 272 g/mol. The van der Waals surface area contributed by atoms with Crippen molar-refractivity contribution in [3.63, 3.8) is 0 Å². The van der Waals surface area contributed by atoms with Crippen molar-refractivity contribution in [1.29, 1.82) is 0 Å². The van der Waals surface area contributed by atoms with E-state index in [1.54, 1.807) is 6.07 Å². The van der Waals surface area contributed by atoms with Crippen LogP contribution in [0.5, 0.6) is 5.75 Å². The van der Waals surface area contributed by atoms with Gasteiger partial charge in [0.25, 0.3) is 0 Å². The summed E-state index contributed by atoms with van der Waals surface area (Å²) in [5, 5.41) is 18.9. The summed E-state index contributed by atoms with van der Waals surface area (Å²) in [5.74, 6) is -0.217. The van der Waals surface area contributed by atoms with Crippen molar-refractivity contribution in [1.82, 2.24) is 0 Å². The highest BCUT2D eigenvalue weighted by Crippen LogP contribution is 2.21. The maximum Gasteiger partial charge on any atom is 0.132 e. The van der Waals surface area contributed by atoms with Crippen molar-refractivity contribution < 1.29 is 24.1 Å². The molecule has 19 heavy (non-hydrogen) atoms. The molecular formula is C14H21FO4. The number of rotatable bonds is 7. The second-order valence-corrected chi connectivity index (χ2v) is 4.71. The molecule has 0 aliphatic rings. The molecule has 2 N–H and O–H groups in total. The van der Waals surface area contributed by atoms with Gasteiger partial charge in [-0.25, -0.2) is 4.39 Å². The predicted molar refractivity (Wildman–Crippen MR) is 69.6 cm³/mol. The average Bonchev–Trinajstić information content (AvgIpc) is 2.33. The molecule has 0 fully saturated rings. The van der Waals surface area contributed by atoms with Crippen molar-refractivity contribution in [3.05, 3.63) is 29.6 Å². The largest absolute Gasteiger partial charge is 0.491 e. The van der Waals surface area contributed by atoms with Crippen LogP contribution in [0.3, 0.4) is 0 Å². The Labute approximate surface area is 112 Å². The standard InChI is InChI=1S/C14H21FO4/c1-9(2)18-7-11(17)8-19-12-4-5-13(10(3)16)14(15)6-12/h4-6,9-11,16-17H,7-8H2,1-3H3/t10-,11?/m1/s1. The van der Waals surface area contributed by atoms with Crippen LogP contribution in [0.2, 0.25) is 0 Å². The molecule has 0 saturated carbocycles. The fraction of sp³-hybridized carbons (Fsp3) is 0.571. The van der Waals surface area contributed by atoms with Gasteiger partial charge in [-0.15, -0.1) is 0 Å². The Morgan fingerprint density at radius 1 is 1.16 bits per heavy atom. The number of aliphatic hydroxyl groups is 2. The zero-order valence-electron chi connectivity index (χ0n) is 11.5. The molecule has 0 saturated heterocycles. The van der Waals surface area contributed by atoms with Crippen molar-refractivity contribution in [3.8, 4) is 5.75 Å². The number of benzene rings is 1. The van der Waals surface area contributed by atoms with Gasteiger partial charge in [-0.05, 0) is 32.9 Å². The number of hydrogen-bond acceptors (Lipinski definition) is 4. The SMILES string of the molecule is CC(C)OCC(O)COc1ccc([C@@H](C)O)c(F)c1. The summed E-state index contributed by atoms with van der Waals surface area (Å²) >= 11 is 0. The molecule has 0 aromatic heterocycles. The molecule has 1 aromatic carbocycles. The van der Waals surface area contributed by atoms with E-state index in [4.69, 9.17) is 9.47 Å². The molecule has 4 nitrogen and oxygen atoms in total. The highest BCUT2D eigenvalue weighted by molar-refractivity contribution is 5.30. The number of halogens is 1. The first-order valence-electron chi connectivity index (χ1n) is 6.30. The monoisotopic (exact) mass is 272 g/mol. The van der Waals surface area contributed by atoms with Gasteiger partial charge in [-0.2, -0.15) is 0 Å². The van der Waals surface area contributed by atoms with Crippen LogP contribution in [0.25, 0.3) is 0 Å².